The van der Waals surface area contributed by atoms with Crippen molar-refractivity contribution in [2.45, 2.75) is 19.8 Å². The number of hydrogen-bond acceptors (Lipinski definition) is 6. The highest BCUT2D eigenvalue weighted by atomic mass is 32.1. The molecule has 0 aliphatic carbocycles. The zero-order valence-electron chi connectivity index (χ0n) is 16.9. The number of urea groups is 1. The number of nitrogens with one attached hydrogen (secondary N) is 2. The van der Waals surface area contributed by atoms with E-state index in [1.807, 2.05) is 0 Å². The fourth-order valence-corrected chi connectivity index (χ4v) is 4.02. The van der Waals surface area contributed by atoms with Crippen LogP contribution < -0.4 is 10.6 Å². The molecule has 10 heteroatoms. The first-order valence-corrected chi connectivity index (χ1v) is 10.6. The van der Waals surface area contributed by atoms with Gasteiger partial charge in [-0.1, -0.05) is 18.2 Å². The molecule has 3 rings (SSSR count). The lowest BCUT2D eigenvalue weighted by atomic mass is 10.1. The van der Waals surface area contributed by atoms with Crippen molar-refractivity contribution in [3.05, 3.63) is 46.2 Å². The summed E-state index contributed by atoms with van der Waals surface area (Å²) in [5.74, 6) is -1.88. The molecular formula is C21H22N4O5S. The number of carbonyl (C=O) groups excluding carboxylic acids is 5. The summed E-state index contributed by atoms with van der Waals surface area (Å²) in [5, 5.41) is 7.13. The van der Waals surface area contributed by atoms with E-state index in [-0.39, 0.29) is 31.8 Å². The number of amides is 5. The van der Waals surface area contributed by atoms with Gasteiger partial charge in [-0.15, -0.1) is 11.3 Å². The van der Waals surface area contributed by atoms with Crippen molar-refractivity contribution in [1.29, 1.82) is 0 Å². The van der Waals surface area contributed by atoms with E-state index in [0.29, 0.717) is 28.4 Å². The van der Waals surface area contributed by atoms with Gasteiger partial charge in [0.25, 0.3) is 0 Å². The molecule has 0 saturated carbocycles. The van der Waals surface area contributed by atoms with Crippen LogP contribution in [0.5, 0.6) is 0 Å². The van der Waals surface area contributed by atoms with Gasteiger partial charge >= 0.3 is 17.8 Å². The summed E-state index contributed by atoms with van der Waals surface area (Å²) in [6.07, 6.45) is 0.957. The molecule has 1 aliphatic rings. The van der Waals surface area contributed by atoms with Crippen molar-refractivity contribution in [1.82, 2.24) is 9.80 Å². The van der Waals surface area contributed by atoms with Crippen LogP contribution in [0.25, 0.3) is 0 Å². The number of imide groups is 1. The number of thiophene rings is 1. The summed E-state index contributed by atoms with van der Waals surface area (Å²) in [6.45, 7) is 2.56. The fourth-order valence-electron chi connectivity index (χ4n) is 3.19. The van der Waals surface area contributed by atoms with Crippen LogP contribution in [0.4, 0.5) is 16.2 Å². The van der Waals surface area contributed by atoms with Gasteiger partial charge in [0, 0.05) is 36.6 Å². The lowest BCUT2D eigenvalue weighted by Gasteiger charge is -2.31. The second kappa shape index (κ2) is 9.98. The number of nitrogens with zero attached hydrogens (tertiary/aromatic N) is 2. The Labute approximate surface area is 183 Å². The average Bonchev–Trinajstić information content (AvgIpc) is 3.17. The van der Waals surface area contributed by atoms with Crippen molar-refractivity contribution < 1.29 is 24.0 Å². The van der Waals surface area contributed by atoms with Crippen LogP contribution in [0.1, 0.15) is 17.4 Å². The molecule has 1 aliphatic heterocycles. The Kier molecular flexibility index (Phi) is 7.14. The van der Waals surface area contributed by atoms with Crippen molar-refractivity contribution in [2.75, 3.05) is 30.3 Å². The minimum absolute atomic E-state index is 0.000801. The fraction of sp³-hybridized carbons (Fsp3) is 0.286. The lowest BCUT2D eigenvalue weighted by Crippen LogP contribution is -2.56. The van der Waals surface area contributed by atoms with Gasteiger partial charge in [-0.05, 0) is 30.0 Å². The van der Waals surface area contributed by atoms with Gasteiger partial charge in [-0.3, -0.25) is 19.3 Å². The van der Waals surface area contributed by atoms with Crippen LogP contribution in [0, 0.1) is 0 Å². The Morgan fingerprint density at radius 3 is 2.58 bits per heavy atom. The van der Waals surface area contributed by atoms with E-state index in [0.717, 1.165) is 11.2 Å². The number of carbonyl (C=O) groups is 5. The Bertz CT molecular complexity index is 1020. The van der Waals surface area contributed by atoms with E-state index in [1.165, 1.54) is 16.2 Å². The highest BCUT2D eigenvalue weighted by Crippen LogP contribution is 2.24. The molecule has 0 radical (unpaired) electrons. The molecule has 1 aromatic carbocycles. The molecule has 1 saturated heterocycles. The average molecular weight is 442 g/mol. The van der Waals surface area contributed by atoms with E-state index >= 15 is 0 Å². The molecule has 31 heavy (non-hydrogen) atoms. The first-order valence-electron chi connectivity index (χ1n) is 9.74. The van der Waals surface area contributed by atoms with Crippen LogP contribution in [0.2, 0.25) is 0 Å². The Hall–Kier alpha value is -3.53. The topological polar surface area (TPSA) is 116 Å². The molecule has 2 heterocycles. The molecule has 1 fully saturated rings. The number of rotatable bonds is 7. The smallest absolute Gasteiger partial charge is 0.329 e. The number of piperazine rings is 1. The highest BCUT2D eigenvalue weighted by Gasteiger charge is 2.35. The maximum absolute atomic E-state index is 12.6. The van der Waals surface area contributed by atoms with Gasteiger partial charge in [-0.25, -0.2) is 4.79 Å². The monoisotopic (exact) mass is 442 g/mol. The molecule has 0 spiro atoms. The molecule has 0 bridgehead atoms. The predicted molar refractivity (Wildman–Crippen MR) is 116 cm³/mol. The van der Waals surface area contributed by atoms with Crippen LogP contribution in [0.15, 0.2) is 35.7 Å². The minimum atomic E-state index is -0.869. The van der Waals surface area contributed by atoms with Gasteiger partial charge < -0.3 is 20.3 Å². The number of benzene rings is 1. The van der Waals surface area contributed by atoms with E-state index in [2.05, 4.69) is 10.6 Å². The summed E-state index contributed by atoms with van der Waals surface area (Å²) in [5.41, 5.74) is 1.67. The van der Waals surface area contributed by atoms with Crippen LogP contribution in [-0.4, -0.2) is 59.5 Å². The highest BCUT2D eigenvalue weighted by molar-refractivity contribution is 7.10. The first kappa shape index (κ1) is 22.2. The summed E-state index contributed by atoms with van der Waals surface area (Å²) in [4.78, 5) is 63.0. The van der Waals surface area contributed by atoms with E-state index in [9.17, 15) is 24.0 Å². The standard InChI is InChI=1S/C21H22N4O5S/c1-2-24-9-10-25(20(29)19(24)28)21(30)23-16-8-12-31-17(16)13-18(27)22-15-6-4-3-5-14(15)7-11-26/h3-6,8,11-12H,2,7,9-10,13H2,1H3,(H,22,27)(H,23,30). The molecule has 1 aromatic heterocycles. The Morgan fingerprint density at radius 1 is 1.06 bits per heavy atom. The maximum Gasteiger partial charge on any atom is 0.329 e. The Balaban J connectivity index is 1.64. The van der Waals surface area contributed by atoms with Gasteiger partial charge in [0.15, 0.2) is 0 Å². The number of hydrogen-bond donors (Lipinski definition) is 2. The van der Waals surface area contributed by atoms with Crippen LogP contribution >= 0.6 is 11.3 Å². The van der Waals surface area contributed by atoms with Crippen LogP contribution in [-0.2, 0) is 32.0 Å². The summed E-state index contributed by atoms with van der Waals surface area (Å²) in [6, 6.07) is 7.96. The molecule has 0 unspecified atom stereocenters. The quantitative estimate of drug-likeness (QED) is 0.502. The molecular weight excluding hydrogens is 420 g/mol. The number of para-hydroxylation sites is 1. The van der Waals surface area contributed by atoms with Crippen LogP contribution in [0.3, 0.4) is 0 Å². The summed E-state index contributed by atoms with van der Waals surface area (Å²) < 4.78 is 0. The minimum Gasteiger partial charge on any atom is -0.333 e. The molecule has 9 nitrogen and oxygen atoms in total. The zero-order valence-corrected chi connectivity index (χ0v) is 17.7. The number of anilines is 2. The van der Waals surface area contributed by atoms with Crippen molar-refractivity contribution >= 4 is 52.8 Å². The third kappa shape index (κ3) is 5.15. The third-order valence-electron chi connectivity index (χ3n) is 4.84. The molecule has 5 amide bonds. The van der Waals surface area contributed by atoms with Crippen molar-refractivity contribution in [2.24, 2.45) is 0 Å². The lowest BCUT2D eigenvalue weighted by molar-refractivity contribution is -0.153. The van der Waals surface area contributed by atoms with Gasteiger partial charge in [0.2, 0.25) is 5.91 Å². The third-order valence-corrected chi connectivity index (χ3v) is 5.76. The Morgan fingerprint density at radius 2 is 1.84 bits per heavy atom. The van der Waals surface area contributed by atoms with Crippen molar-refractivity contribution in [3.8, 4) is 0 Å². The molecule has 162 valence electrons. The first-order chi connectivity index (χ1) is 14.9. The zero-order chi connectivity index (χ0) is 22.4. The van der Waals surface area contributed by atoms with E-state index < -0.39 is 17.8 Å². The van der Waals surface area contributed by atoms with Crippen molar-refractivity contribution in [3.63, 3.8) is 0 Å². The normalized spacial score (nSPS) is 13.8. The van der Waals surface area contributed by atoms with E-state index in [4.69, 9.17) is 0 Å². The summed E-state index contributed by atoms with van der Waals surface area (Å²) >= 11 is 1.29. The number of likely N-dealkylation sites (N-methyl/N-ethyl adjacent to an activating group) is 1. The van der Waals surface area contributed by atoms with Gasteiger partial charge in [-0.2, -0.15) is 0 Å². The largest absolute Gasteiger partial charge is 0.333 e. The molecule has 2 aromatic rings. The van der Waals surface area contributed by atoms with E-state index in [1.54, 1.807) is 42.6 Å². The second-order valence-corrected chi connectivity index (χ2v) is 7.78. The number of aldehydes is 1. The molecule has 2 N–H and O–H groups in total. The maximum atomic E-state index is 12.6. The van der Waals surface area contributed by atoms with Gasteiger partial charge in [0.1, 0.15) is 6.29 Å². The predicted octanol–water partition coefficient (Wildman–Crippen LogP) is 1.89. The molecule has 0 atom stereocenters. The SMILES string of the molecule is CCN1CCN(C(=O)Nc2ccsc2CC(=O)Nc2ccccc2CC=O)C(=O)C1=O. The summed E-state index contributed by atoms with van der Waals surface area (Å²) in [7, 11) is 0. The second-order valence-electron chi connectivity index (χ2n) is 6.78. The van der Waals surface area contributed by atoms with Gasteiger partial charge in [0.05, 0.1) is 12.1 Å².